The minimum absolute atomic E-state index is 0.0122. The fourth-order valence-corrected chi connectivity index (χ4v) is 3.16. The molecule has 110 valence electrons. The summed E-state index contributed by atoms with van der Waals surface area (Å²) in [7, 11) is 0. The van der Waals surface area contributed by atoms with Gasteiger partial charge in [0.1, 0.15) is 11.3 Å². The Balaban J connectivity index is 2.08. The number of pyridine rings is 1. The smallest absolute Gasteiger partial charge is 0.338 e. The van der Waals surface area contributed by atoms with Crippen molar-refractivity contribution < 1.29 is 9.53 Å². The number of rotatable bonds is 3. The van der Waals surface area contributed by atoms with Crippen molar-refractivity contribution in [2.24, 2.45) is 17.8 Å². The van der Waals surface area contributed by atoms with E-state index in [9.17, 15) is 4.79 Å². The van der Waals surface area contributed by atoms with Crippen molar-refractivity contribution in [1.82, 2.24) is 4.98 Å². The van der Waals surface area contributed by atoms with E-state index in [1.165, 1.54) is 12.6 Å². The average Bonchev–Trinajstić information content (AvgIpc) is 2.38. The maximum atomic E-state index is 12.2. The van der Waals surface area contributed by atoms with Gasteiger partial charge in [0, 0.05) is 6.20 Å². The number of hydrogen-bond acceptors (Lipinski definition) is 3. The standard InChI is InChI=1S/C16H22ClNO2/c1-10(2)13-5-4-11(3)8-14(13)20-16(19)12-6-7-18-15(17)9-12/h6-7,9-11,13-14H,4-5,8H2,1-3H3. The molecule has 0 radical (unpaired) electrons. The van der Waals surface area contributed by atoms with Crippen LogP contribution < -0.4 is 0 Å². The fourth-order valence-electron chi connectivity index (χ4n) is 2.99. The highest BCUT2D eigenvalue weighted by molar-refractivity contribution is 6.29. The molecule has 1 fully saturated rings. The minimum atomic E-state index is -0.293. The fraction of sp³-hybridized carbons (Fsp3) is 0.625. The van der Waals surface area contributed by atoms with Crippen molar-refractivity contribution in [3.05, 3.63) is 29.0 Å². The predicted octanol–water partition coefficient (Wildman–Crippen LogP) is 4.35. The molecule has 1 aliphatic rings. The van der Waals surface area contributed by atoms with Crippen molar-refractivity contribution in [3.8, 4) is 0 Å². The van der Waals surface area contributed by atoms with Gasteiger partial charge in [-0.05, 0) is 42.7 Å². The molecular weight excluding hydrogens is 274 g/mol. The normalized spacial score (nSPS) is 26.6. The summed E-state index contributed by atoms with van der Waals surface area (Å²) in [4.78, 5) is 16.1. The van der Waals surface area contributed by atoms with Gasteiger partial charge in [-0.2, -0.15) is 0 Å². The van der Waals surface area contributed by atoms with Crippen LogP contribution in [0.3, 0.4) is 0 Å². The first kappa shape index (κ1) is 15.3. The third-order valence-electron chi connectivity index (χ3n) is 4.18. The SMILES string of the molecule is CC1CCC(C(C)C)C(OC(=O)c2ccnc(Cl)c2)C1. The largest absolute Gasteiger partial charge is 0.458 e. The third kappa shape index (κ3) is 3.72. The number of carbonyl (C=O) groups excluding carboxylic acids is 1. The van der Waals surface area contributed by atoms with Gasteiger partial charge >= 0.3 is 5.97 Å². The van der Waals surface area contributed by atoms with Crippen LogP contribution in [0.25, 0.3) is 0 Å². The van der Waals surface area contributed by atoms with E-state index in [4.69, 9.17) is 16.3 Å². The summed E-state index contributed by atoms with van der Waals surface area (Å²) in [6, 6.07) is 3.20. The van der Waals surface area contributed by atoms with E-state index in [-0.39, 0.29) is 12.1 Å². The second-order valence-electron chi connectivity index (χ2n) is 6.14. The number of nitrogens with zero attached hydrogens (tertiary/aromatic N) is 1. The molecule has 1 saturated carbocycles. The van der Waals surface area contributed by atoms with Gasteiger partial charge in [-0.1, -0.05) is 38.8 Å². The molecule has 20 heavy (non-hydrogen) atoms. The number of aromatic nitrogens is 1. The van der Waals surface area contributed by atoms with Gasteiger partial charge in [0.2, 0.25) is 0 Å². The molecule has 0 saturated heterocycles. The van der Waals surface area contributed by atoms with Gasteiger partial charge in [-0.3, -0.25) is 0 Å². The van der Waals surface area contributed by atoms with Gasteiger partial charge in [-0.25, -0.2) is 9.78 Å². The van der Waals surface area contributed by atoms with Crippen LogP contribution in [-0.4, -0.2) is 17.1 Å². The molecule has 1 aromatic rings. The van der Waals surface area contributed by atoms with E-state index >= 15 is 0 Å². The first-order valence-electron chi connectivity index (χ1n) is 7.30. The van der Waals surface area contributed by atoms with E-state index in [1.807, 2.05) is 0 Å². The van der Waals surface area contributed by atoms with Crippen molar-refractivity contribution in [2.75, 3.05) is 0 Å². The Morgan fingerprint density at radius 2 is 2.20 bits per heavy atom. The lowest BCUT2D eigenvalue weighted by molar-refractivity contribution is -0.0174. The van der Waals surface area contributed by atoms with Crippen LogP contribution in [0.2, 0.25) is 5.15 Å². The summed E-state index contributed by atoms with van der Waals surface area (Å²) in [6.45, 7) is 6.62. The summed E-state index contributed by atoms with van der Waals surface area (Å²) in [6.07, 6.45) is 4.85. The first-order chi connectivity index (χ1) is 9.47. The Morgan fingerprint density at radius 3 is 2.85 bits per heavy atom. The summed E-state index contributed by atoms with van der Waals surface area (Å²) in [5.74, 6) is 1.30. The highest BCUT2D eigenvalue weighted by Gasteiger charge is 2.33. The van der Waals surface area contributed by atoms with Gasteiger partial charge in [0.05, 0.1) is 5.56 Å². The van der Waals surface area contributed by atoms with Crippen molar-refractivity contribution >= 4 is 17.6 Å². The predicted molar refractivity (Wildman–Crippen MR) is 79.8 cm³/mol. The molecule has 0 aliphatic heterocycles. The zero-order valence-electron chi connectivity index (χ0n) is 12.3. The zero-order chi connectivity index (χ0) is 14.7. The Bertz CT molecular complexity index is 475. The number of halogens is 1. The van der Waals surface area contributed by atoms with Crippen LogP contribution in [0.5, 0.6) is 0 Å². The van der Waals surface area contributed by atoms with Crippen LogP contribution in [0.15, 0.2) is 18.3 Å². The number of esters is 1. The Morgan fingerprint density at radius 1 is 1.45 bits per heavy atom. The third-order valence-corrected chi connectivity index (χ3v) is 4.39. The molecule has 0 N–H and O–H groups in total. The Hall–Kier alpha value is -1.09. The second kappa shape index (κ2) is 6.57. The van der Waals surface area contributed by atoms with E-state index in [1.54, 1.807) is 12.1 Å². The topological polar surface area (TPSA) is 39.2 Å². The molecule has 2 rings (SSSR count). The van der Waals surface area contributed by atoms with Crippen LogP contribution in [0.4, 0.5) is 0 Å². The molecule has 0 aromatic carbocycles. The minimum Gasteiger partial charge on any atom is -0.458 e. The maximum absolute atomic E-state index is 12.2. The lowest BCUT2D eigenvalue weighted by Crippen LogP contribution is -2.35. The Labute approximate surface area is 125 Å². The van der Waals surface area contributed by atoms with Crippen molar-refractivity contribution in [1.29, 1.82) is 0 Å². The average molecular weight is 296 g/mol. The molecule has 0 bridgehead atoms. The summed E-state index contributed by atoms with van der Waals surface area (Å²) in [5.41, 5.74) is 0.478. The van der Waals surface area contributed by atoms with E-state index in [0.717, 1.165) is 12.8 Å². The number of hydrogen-bond donors (Lipinski definition) is 0. The molecule has 3 unspecified atom stereocenters. The van der Waals surface area contributed by atoms with Crippen LogP contribution in [0, 0.1) is 17.8 Å². The summed E-state index contributed by atoms with van der Waals surface area (Å²) < 4.78 is 5.75. The maximum Gasteiger partial charge on any atom is 0.338 e. The van der Waals surface area contributed by atoms with Crippen LogP contribution in [-0.2, 0) is 4.74 Å². The Kier molecular flexibility index (Phi) is 5.03. The molecule has 3 atom stereocenters. The summed E-state index contributed by atoms with van der Waals surface area (Å²) in [5, 5.41) is 0.317. The first-order valence-corrected chi connectivity index (χ1v) is 7.67. The van der Waals surface area contributed by atoms with Crippen molar-refractivity contribution in [3.63, 3.8) is 0 Å². The molecule has 1 heterocycles. The highest BCUT2D eigenvalue weighted by atomic mass is 35.5. The second-order valence-corrected chi connectivity index (χ2v) is 6.52. The van der Waals surface area contributed by atoms with E-state index in [2.05, 4.69) is 25.8 Å². The van der Waals surface area contributed by atoms with E-state index < -0.39 is 0 Å². The molecule has 4 heteroatoms. The summed E-state index contributed by atoms with van der Waals surface area (Å²) >= 11 is 5.82. The quantitative estimate of drug-likeness (QED) is 0.614. The molecule has 1 aromatic heterocycles. The number of ether oxygens (including phenoxy) is 1. The van der Waals surface area contributed by atoms with Gasteiger partial charge in [0.15, 0.2) is 0 Å². The van der Waals surface area contributed by atoms with Gasteiger partial charge in [0.25, 0.3) is 0 Å². The molecule has 1 aliphatic carbocycles. The lowest BCUT2D eigenvalue weighted by Gasteiger charge is -2.36. The monoisotopic (exact) mass is 295 g/mol. The molecular formula is C16H22ClNO2. The molecule has 3 nitrogen and oxygen atoms in total. The molecule has 0 amide bonds. The van der Waals surface area contributed by atoms with Crippen molar-refractivity contribution in [2.45, 2.75) is 46.1 Å². The number of carbonyl (C=O) groups is 1. The van der Waals surface area contributed by atoms with E-state index in [0.29, 0.717) is 28.5 Å². The van der Waals surface area contributed by atoms with Crippen LogP contribution >= 0.6 is 11.6 Å². The molecule has 0 spiro atoms. The highest BCUT2D eigenvalue weighted by Crippen LogP contribution is 2.35. The van der Waals surface area contributed by atoms with Crippen LogP contribution in [0.1, 0.15) is 50.4 Å². The zero-order valence-corrected chi connectivity index (χ0v) is 13.1. The van der Waals surface area contributed by atoms with Gasteiger partial charge < -0.3 is 4.74 Å². The van der Waals surface area contributed by atoms with Gasteiger partial charge in [-0.15, -0.1) is 0 Å². The lowest BCUT2D eigenvalue weighted by atomic mass is 9.75.